The van der Waals surface area contributed by atoms with Crippen LogP contribution in [-0.4, -0.2) is 78.9 Å². The molecule has 3 heterocycles. The van der Waals surface area contributed by atoms with Crippen LogP contribution in [0.2, 0.25) is 0 Å². The van der Waals surface area contributed by atoms with Gasteiger partial charge in [0, 0.05) is 12.5 Å². The maximum absolute atomic E-state index is 13.1. The summed E-state index contributed by atoms with van der Waals surface area (Å²) in [5.74, 6) is -0.118. The number of carbonyl (C=O) groups excluding carboxylic acids is 2. The van der Waals surface area contributed by atoms with Crippen molar-refractivity contribution in [3.63, 3.8) is 0 Å². The molecule has 0 aliphatic carbocycles. The van der Waals surface area contributed by atoms with E-state index in [0.717, 1.165) is 0 Å². The standard InChI is InChI=1S/C22H33N5O7/c1-13-16(30)14(7-8-28)33-19(13)27-11-25-15-17(23-10-24-18(15)27)26(9-22(5,6)32-12-29)20(31)34-21(2,3)4/h10-14,16,19,28,30H,7-9H2,1-6H3/t13?,14-,16-,19-/m1/s1. The number of nitrogens with zero attached hydrogens (tertiary/aromatic N) is 5. The summed E-state index contributed by atoms with van der Waals surface area (Å²) in [4.78, 5) is 38.5. The van der Waals surface area contributed by atoms with Crippen LogP contribution in [0.1, 0.15) is 54.2 Å². The van der Waals surface area contributed by atoms with E-state index in [1.165, 1.54) is 17.6 Å². The summed E-state index contributed by atoms with van der Waals surface area (Å²) in [6.45, 7) is 10.6. The molecule has 4 atom stereocenters. The third-order valence-corrected chi connectivity index (χ3v) is 5.49. The lowest BCUT2D eigenvalue weighted by Gasteiger charge is -2.32. The number of imidazole rings is 1. The van der Waals surface area contributed by atoms with Gasteiger partial charge in [0.05, 0.1) is 25.1 Å². The van der Waals surface area contributed by atoms with Gasteiger partial charge in [0.25, 0.3) is 6.47 Å². The van der Waals surface area contributed by atoms with Gasteiger partial charge in [-0.05, 0) is 41.0 Å². The highest BCUT2D eigenvalue weighted by molar-refractivity contribution is 5.95. The summed E-state index contributed by atoms with van der Waals surface area (Å²) < 4.78 is 18.4. The van der Waals surface area contributed by atoms with E-state index in [2.05, 4.69) is 15.0 Å². The molecule has 1 fully saturated rings. The zero-order valence-corrected chi connectivity index (χ0v) is 20.3. The molecule has 0 aromatic carbocycles. The van der Waals surface area contributed by atoms with Crippen LogP contribution in [0, 0.1) is 5.92 Å². The van der Waals surface area contributed by atoms with Gasteiger partial charge in [0.15, 0.2) is 17.0 Å². The minimum absolute atomic E-state index is 0.0484. The number of aliphatic hydroxyl groups excluding tert-OH is 2. The van der Waals surface area contributed by atoms with Gasteiger partial charge in [0.2, 0.25) is 0 Å². The second-order valence-electron chi connectivity index (χ2n) is 9.99. The van der Waals surface area contributed by atoms with Crippen LogP contribution in [0.15, 0.2) is 12.7 Å². The summed E-state index contributed by atoms with van der Waals surface area (Å²) in [6, 6.07) is 0. The van der Waals surface area contributed by atoms with E-state index in [4.69, 9.17) is 14.2 Å². The molecule has 188 valence electrons. The Morgan fingerprint density at radius 2 is 1.97 bits per heavy atom. The highest BCUT2D eigenvalue weighted by Crippen LogP contribution is 2.38. The van der Waals surface area contributed by atoms with E-state index in [1.807, 2.05) is 6.92 Å². The molecule has 1 aliphatic heterocycles. The van der Waals surface area contributed by atoms with Crippen LogP contribution in [-0.2, 0) is 19.0 Å². The number of rotatable bonds is 8. The molecule has 3 rings (SSSR count). The molecular formula is C22H33N5O7. The lowest BCUT2D eigenvalue weighted by molar-refractivity contribution is -0.139. The normalized spacial score (nSPS) is 23.2. The van der Waals surface area contributed by atoms with Crippen LogP contribution < -0.4 is 4.90 Å². The number of anilines is 1. The van der Waals surface area contributed by atoms with E-state index in [1.54, 1.807) is 39.2 Å². The first kappa shape index (κ1) is 25.8. The smallest absolute Gasteiger partial charge is 0.416 e. The van der Waals surface area contributed by atoms with Crippen LogP contribution in [0.3, 0.4) is 0 Å². The van der Waals surface area contributed by atoms with E-state index in [0.29, 0.717) is 24.1 Å². The molecule has 0 radical (unpaired) electrons. The second kappa shape index (κ2) is 9.80. The summed E-state index contributed by atoms with van der Waals surface area (Å²) in [6.07, 6.45) is 0.546. The summed E-state index contributed by atoms with van der Waals surface area (Å²) in [5.41, 5.74) is -1.11. The number of amides is 1. The van der Waals surface area contributed by atoms with Crippen LogP contribution in [0.4, 0.5) is 10.6 Å². The Labute approximate surface area is 197 Å². The minimum Gasteiger partial charge on any atom is -0.460 e. The first-order valence-electron chi connectivity index (χ1n) is 11.1. The van der Waals surface area contributed by atoms with Gasteiger partial charge in [-0.25, -0.2) is 19.7 Å². The highest BCUT2D eigenvalue weighted by Gasteiger charge is 2.42. The van der Waals surface area contributed by atoms with Crippen LogP contribution in [0.25, 0.3) is 11.2 Å². The SMILES string of the molecule is CC1[C@@H](O)[C@@H](CCO)O[C@H]1n1cnc2c(N(CC(C)(C)OC=O)C(=O)OC(C)(C)C)ncnc21. The van der Waals surface area contributed by atoms with Crippen molar-refractivity contribution in [2.45, 2.75) is 77.6 Å². The summed E-state index contributed by atoms with van der Waals surface area (Å²) >= 11 is 0. The Kier molecular flexibility index (Phi) is 7.44. The molecular weight excluding hydrogens is 446 g/mol. The Bertz CT molecular complexity index is 1020. The molecule has 12 heteroatoms. The number of carbonyl (C=O) groups is 2. The number of hydrogen-bond acceptors (Lipinski definition) is 10. The van der Waals surface area contributed by atoms with Gasteiger partial charge in [-0.1, -0.05) is 6.92 Å². The van der Waals surface area contributed by atoms with Gasteiger partial charge in [-0.15, -0.1) is 0 Å². The number of aliphatic hydroxyl groups is 2. The predicted octanol–water partition coefficient (Wildman–Crippen LogP) is 1.80. The van der Waals surface area contributed by atoms with Crippen molar-refractivity contribution in [1.82, 2.24) is 19.5 Å². The Morgan fingerprint density at radius 1 is 1.26 bits per heavy atom. The van der Waals surface area contributed by atoms with Crippen molar-refractivity contribution in [1.29, 1.82) is 0 Å². The van der Waals surface area contributed by atoms with Crippen LogP contribution in [0.5, 0.6) is 0 Å². The van der Waals surface area contributed by atoms with Crippen LogP contribution >= 0.6 is 0 Å². The molecule has 0 spiro atoms. The first-order valence-corrected chi connectivity index (χ1v) is 11.1. The average Bonchev–Trinajstić information content (AvgIpc) is 3.27. The molecule has 1 saturated heterocycles. The van der Waals surface area contributed by atoms with Gasteiger partial charge in [-0.3, -0.25) is 14.3 Å². The average molecular weight is 480 g/mol. The molecule has 12 nitrogen and oxygen atoms in total. The molecule has 0 saturated carbocycles. The highest BCUT2D eigenvalue weighted by atomic mass is 16.6. The number of aromatic nitrogens is 4. The Balaban J connectivity index is 2.03. The fraction of sp³-hybridized carbons (Fsp3) is 0.682. The van der Waals surface area contributed by atoms with Gasteiger partial charge >= 0.3 is 6.09 Å². The lowest BCUT2D eigenvalue weighted by atomic mass is 10.0. The molecule has 1 amide bonds. The van der Waals surface area contributed by atoms with E-state index >= 15 is 0 Å². The molecule has 34 heavy (non-hydrogen) atoms. The fourth-order valence-electron chi connectivity index (χ4n) is 3.89. The maximum Gasteiger partial charge on any atom is 0.416 e. The fourth-order valence-corrected chi connectivity index (χ4v) is 3.89. The molecule has 2 aromatic heterocycles. The van der Waals surface area contributed by atoms with E-state index in [-0.39, 0.29) is 24.9 Å². The van der Waals surface area contributed by atoms with Crippen molar-refractivity contribution in [2.24, 2.45) is 5.92 Å². The quantitative estimate of drug-likeness (QED) is 0.537. The first-order chi connectivity index (χ1) is 15.9. The Morgan fingerprint density at radius 3 is 2.59 bits per heavy atom. The molecule has 0 bridgehead atoms. The van der Waals surface area contributed by atoms with E-state index < -0.39 is 35.7 Å². The van der Waals surface area contributed by atoms with Gasteiger partial charge in [-0.2, -0.15) is 0 Å². The van der Waals surface area contributed by atoms with Crippen molar-refractivity contribution in [2.75, 3.05) is 18.1 Å². The van der Waals surface area contributed by atoms with Crippen molar-refractivity contribution in [3.05, 3.63) is 12.7 Å². The summed E-state index contributed by atoms with van der Waals surface area (Å²) in [5, 5.41) is 19.8. The van der Waals surface area contributed by atoms with Crippen molar-refractivity contribution < 1.29 is 34.0 Å². The minimum atomic E-state index is -1.04. The maximum atomic E-state index is 13.1. The van der Waals surface area contributed by atoms with E-state index in [9.17, 15) is 19.8 Å². The third kappa shape index (κ3) is 5.45. The number of fused-ring (bicyclic) bond motifs is 1. The molecule has 2 aromatic rings. The number of hydrogen-bond donors (Lipinski definition) is 2. The number of ether oxygens (including phenoxy) is 3. The predicted molar refractivity (Wildman–Crippen MR) is 121 cm³/mol. The van der Waals surface area contributed by atoms with Gasteiger partial charge in [0.1, 0.15) is 23.8 Å². The monoisotopic (exact) mass is 479 g/mol. The largest absolute Gasteiger partial charge is 0.460 e. The second-order valence-corrected chi connectivity index (χ2v) is 9.99. The zero-order valence-electron chi connectivity index (χ0n) is 20.3. The molecule has 2 N–H and O–H groups in total. The zero-order chi connectivity index (χ0) is 25.3. The molecule has 1 unspecified atom stereocenters. The Hall–Kier alpha value is -2.83. The topological polar surface area (TPSA) is 149 Å². The molecule has 1 aliphatic rings. The van der Waals surface area contributed by atoms with Gasteiger partial charge < -0.3 is 24.4 Å². The lowest BCUT2D eigenvalue weighted by Crippen LogP contribution is -2.46. The summed E-state index contributed by atoms with van der Waals surface area (Å²) in [7, 11) is 0. The van der Waals surface area contributed by atoms with Crippen molar-refractivity contribution >= 4 is 29.5 Å². The van der Waals surface area contributed by atoms with Crippen molar-refractivity contribution in [3.8, 4) is 0 Å². The third-order valence-electron chi connectivity index (χ3n) is 5.49.